The number of rotatable bonds is 4. The van der Waals surface area contributed by atoms with Crippen LogP contribution in [0.1, 0.15) is 13.8 Å². The number of anilines is 2. The third-order valence-corrected chi connectivity index (χ3v) is 3.59. The monoisotopic (exact) mass is 343 g/mol. The number of aromatic nitrogens is 4. The Labute approximate surface area is 153 Å². The number of benzene rings is 2. The minimum atomic E-state index is 0.555. The van der Waals surface area contributed by atoms with Crippen molar-refractivity contribution in [3.63, 3.8) is 0 Å². The first-order valence-electron chi connectivity index (χ1n) is 8.65. The van der Waals surface area contributed by atoms with E-state index in [1.807, 2.05) is 91.3 Å². The van der Waals surface area contributed by atoms with Crippen LogP contribution in [0.15, 0.2) is 85.2 Å². The summed E-state index contributed by atoms with van der Waals surface area (Å²) >= 11 is 0. The molecule has 0 bridgehead atoms. The number of hydrogen-bond donors (Lipinski definition) is 1. The molecule has 0 unspecified atom stereocenters. The maximum absolute atomic E-state index is 4.61. The fourth-order valence-corrected chi connectivity index (χ4v) is 2.48. The second-order valence-electron chi connectivity index (χ2n) is 5.22. The van der Waals surface area contributed by atoms with Crippen LogP contribution in [-0.2, 0) is 0 Å². The van der Waals surface area contributed by atoms with E-state index in [2.05, 4.69) is 20.4 Å². The highest BCUT2D eigenvalue weighted by atomic mass is 15.3. The summed E-state index contributed by atoms with van der Waals surface area (Å²) in [5.74, 6) is 0.555. The van der Waals surface area contributed by atoms with E-state index in [0.29, 0.717) is 5.95 Å². The summed E-state index contributed by atoms with van der Waals surface area (Å²) in [6, 6.07) is 23.7. The Kier molecular flexibility index (Phi) is 5.72. The van der Waals surface area contributed by atoms with Crippen LogP contribution in [0.2, 0.25) is 0 Å². The van der Waals surface area contributed by atoms with Gasteiger partial charge in [0, 0.05) is 11.9 Å². The van der Waals surface area contributed by atoms with E-state index in [1.54, 1.807) is 12.4 Å². The minimum absolute atomic E-state index is 0.555. The molecular weight excluding hydrogens is 322 g/mol. The summed E-state index contributed by atoms with van der Waals surface area (Å²) in [5, 5.41) is 7.63. The van der Waals surface area contributed by atoms with Crippen molar-refractivity contribution >= 4 is 11.6 Å². The first kappa shape index (κ1) is 17.4. The Morgan fingerprint density at radius 2 is 1.46 bits per heavy atom. The fraction of sp³-hybridized carbons (Fsp3) is 0.0952. The van der Waals surface area contributed by atoms with Gasteiger partial charge in [0.2, 0.25) is 5.95 Å². The normalized spacial score (nSPS) is 9.92. The number of nitrogens with zero attached hydrogens (tertiary/aromatic N) is 4. The highest BCUT2D eigenvalue weighted by Gasteiger charge is 2.09. The first-order valence-corrected chi connectivity index (χ1v) is 8.65. The van der Waals surface area contributed by atoms with Crippen molar-refractivity contribution in [3.8, 4) is 17.1 Å². The summed E-state index contributed by atoms with van der Waals surface area (Å²) in [7, 11) is 0. The van der Waals surface area contributed by atoms with Gasteiger partial charge in [-0.1, -0.05) is 50.2 Å². The Bertz CT molecular complexity index is 933. The third-order valence-electron chi connectivity index (χ3n) is 3.59. The average Bonchev–Trinajstić information content (AvgIpc) is 3.21. The molecule has 2 heterocycles. The Hall–Kier alpha value is -3.47. The molecule has 0 saturated carbocycles. The zero-order valence-corrected chi connectivity index (χ0v) is 14.9. The molecule has 0 aliphatic carbocycles. The van der Waals surface area contributed by atoms with Gasteiger partial charge in [0.1, 0.15) is 0 Å². The molecule has 4 rings (SSSR count). The lowest BCUT2D eigenvalue weighted by molar-refractivity contribution is 0.883. The molecule has 0 amide bonds. The molecule has 0 spiro atoms. The highest BCUT2D eigenvalue weighted by Crippen LogP contribution is 2.22. The summed E-state index contributed by atoms with van der Waals surface area (Å²) in [4.78, 5) is 8.91. The van der Waals surface area contributed by atoms with Gasteiger partial charge < -0.3 is 5.32 Å². The Morgan fingerprint density at radius 3 is 2.19 bits per heavy atom. The van der Waals surface area contributed by atoms with Crippen molar-refractivity contribution in [1.29, 1.82) is 0 Å². The van der Waals surface area contributed by atoms with Crippen LogP contribution in [0, 0.1) is 0 Å². The summed E-state index contributed by atoms with van der Waals surface area (Å²) in [6.45, 7) is 4.00. The van der Waals surface area contributed by atoms with Crippen LogP contribution in [0.5, 0.6) is 0 Å². The second-order valence-corrected chi connectivity index (χ2v) is 5.22. The van der Waals surface area contributed by atoms with E-state index >= 15 is 0 Å². The van der Waals surface area contributed by atoms with Crippen LogP contribution >= 0.6 is 0 Å². The second kappa shape index (κ2) is 8.58. The van der Waals surface area contributed by atoms with Crippen LogP contribution in [0.4, 0.5) is 11.6 Å². The Balaban J connectivity index is 0.000000948. The topological polar surface area (TPSA) is 55.6 Å². The molecule has 0 aliphatic heterocycles. The lowest BCUT2D eigenvalue weighted by Gasteiger charge is -2.09. The zero-order chi connectivity index (χ0) is 18.2. The number of para-hydroxylation sites is 2. The molecule has 0 atom stereocenters. The molecule has 0 radical (unpaired) electrons. The van der Waals surface area contributed by atoms with Gasteiger partial charge in [-0.05, 0) is 36.4 Å². The van der Waals surface area contributed by atoms with Crippen molar-refractivity contribution in [1.82, 2.24) is 19.7 Å². The van der Waals surface area contributed by atoms with Gasteiger partial charge in [0.15, 0.2) is 0 Å². The molecule has 2 aromatic carbocycles. The molecule has 5 nitrogen and oxygen atoms in total. The smallest absolute Gasteiger partial charge is 0.227 e. The van der Waals surface area contributed by atoms with Gasteiger partial charge in [-0.15, -0.1) is 0 Å². The number of hydrogen-bond acceptors (Lipinski definition) is 4. The van der Waals surface area contributed by atoms with Gasteiger partial charge in [0.05, 0.1) is 23.3 Å². The van der Waals surface area contributed by atoms with E-state index < -0.39 is 0 Å². The lowest BCUT2D eigenvalue weighted by atomic mass is 10.2. The predicted molar refractivity (Wildman–Crippen MR) is 106 cm³/mol. The van der Waals surface area contributed by atoms with Gasteiger partial charge in [-0.2, -0.15) is 5.10 Å². The van der Waals surface area contributed by atoms with E-state index in [1.165, 1.54) is 0 Å². The quantitative estimate of drug-likeness (QED) is 0.560. The summed E-state index contributed by atoms with van der Waals surface area (Å²) in [6.07, 6.45) is 3.52. The van der Waals surface area contributed by atoms with Crippen molar-refractivity contribution in [2.24, 2.45) is 0 Å². The van der Waals surface area contributed by atoms with Gasteiger partial charge in [-0.25, -0.2) is 14.6 Å². The highest BCUT2D eigenvalue weighted by molar-refractivity contribution is 5.60. The van der Waals surface area contributed by atoms with Crippen molar-refractivity contribution < 1.29 is 0 Å². The largest absolute Gasteiger partial charge is 0.324 e. The van der Waals surface area contributed by atoms with E-state index in [-0.39, 0.29) is 0 Å². The molecule has 0 aliphatic rings. The van der Waals surface area contributed by atoms with Crippen LogP contribution in [-0.4, -0.2) is 19.7 Å². The van der Waals surface area contributed by atoms with Crippen molar-refractivity contribution in [3.05, 3.63) is 85.2 Å². The van der Waals surface area contributed by atoms with Crippen molar-refractivity contribution in [2.75, 3.05) is 5.32 Å². The van der Waals surface area contributed by atoms with Gasteiger partial charge >= 0.3 is 0 Å². The molecular formula is C21H21N5. The molecule has 1 N–H and O–H groups in total. The SMILES string of the molecule is CC.c1ccc(Nc2nccc(-c3ccnn3-c3ccccc3)n2)cc1. The first-order chi connectivity index (χ1) is 12.9. The lowest BCUT2D eigenvalue weighted by Crippen LogP contribution is -2.02. The Morgan fingerprint density at radius 1 is 0.769 bits per heavy atom. The predicted octanol–water partition coefficient (Wildman–Crippen LogP) is 5.10. The van der Waals surface area contributed by atoms with Gasteiger partial charge in [0.25, 0.3) is 0 Å². The molecule has 0 saturated heterocycles. The molecule has 2 aromatic heterocycles. The zero-order valence-electron chi connectivity index (χ0n) is 14.9. The minimum Gasteiger partial charge on any atom is -0.324 e. The van der Waals surface area contributed by atoms with E-state index in [0.717, 1.165) is 22.8 Å². The standard InChI is InChI=1S/C19H15N5.C2H6/c1-3-7-15(8-4-1)22-19-20-13-11-17(23-19)18-12-14-21-24(18)16-9-5-2-6-10-16;1-2/h1-14H,(H,20,22,23);1-2H3. The third kappa shape index (κ3) is 3.95. The molecule has 0 fully saturated rings. The molecule has 5 heteroatoms. The van der Waals surface area contributed by atoms with E-state index in [9.17, 15) is 0 Å². The van der Waals surface area contributed by atoms with Gasteiger partial charge in [-0.3, -0.25) is 0 Å². The molecule has 130 valence electrons. The van der Waals surface area contributed by atoms with Crippen LogP contribution < -0.4 is 5.32 Å². The van der Waals surface area contributed by atoms with E-state index in [4.69, 9.17) is 0 Å². The van der Waals surface area contributed by atoms with Crippen LogP contribution in [0.3, 0.4) is 0 Å². The maximum atomic E-state index is 4.61. The maximum Gasteiger partial charge on any atom is 0.227 e. The summed E-state index contributed by atoms with van der Waals surface area (Å²) < 4.78 is 1.87. The number of nitrogens with one attached hydrogen (secondary N) is 1. The molecule has 4 aromatic rings. The van der Waals surface area contributed by atoms with Crippen molar-refractivity contribution in [2.45, 2.75) is 13.8 Å². The average molecular weight is 343 g/mol. The summed E-state index contributed by atoms with van der Waals surface area (Å²) in [5.41, 5.74) is 3.67. The fourth-order valence-electron chi connectivity index (χ4n) is 2.48. The molecule has 26 heavy (non-hydrogen) atoms. The van der Waals surface area contributed by atoms with Crippen LogP contribution in [0.25, 0.3) is 17.1 Å².